The fourth-order valence-corrected chi connectivity index (χ4v) is 4.68. The third-order valence-corrected chi connectivity index (χ3v) is 6.99. The van der Waals surface area contributed by atoms with Gasteiger partial charge in [-0.1, -0.05) is 43.3 Å². The van der Waals surface area contributed by atoms with Gasteiger partial charge in [-0.15, -0.1) is 0 Å². The number of amides is 2. The Kier molecular flexibility index (Phi) is 8.08. The molecule has 0 spiro atoms. The van der Waals surface area contributed by atoms with Gasteiger partial charge in [-0.2, -0.15) is 13.2 Å². The third kappa shape index (κ3) is 6.06. The van der Waals surface area contributed by atoms with Gasteiger partial charge in [0, 0.05) is 18.9 Å². The molecule has 0 bridgehead atoms. The monoisotopic (exact) mass is 552 g/mol. The van der Waals surface area contributed by atoms with Gasteiger partial charge >= 0.3 is 12.1 Å². The van der Waals surface area contributed by atoms with E-state index in [4.69, 9.17) is 10.5 Å². The second-order valence-electron chi connectivity index (χ2n) is 9.73. The maximum atomic E-state index is 13.1. The summed E-state index contributed by atoms with van der Waals surface area (Å²) in [7, 11) is 0. The van der Waals surface area contributed by atoms with E-state index in [1.165, 1.54) is 36.1 Å². The predicted molar refractivity (Wildman–Crippen MR) is 140 cm³/mol. The van der Waals surface area contributed by atoms with E-state index >= 15 is 0 Å². The molecule has 3 aromatic carbocycles. The summed E-state index contributed by atoms with van der Waals surface area (Å²) in [6.07, 6.45) is -4.15. The number of halogens is 3. The molecule has 4 rings (SSSR count). The van der Waals surface area contributed by atoms with Crippen LogP contribution in [0, 0.1) is 5.92 Å². The first-order chi connectivity index (χ1) is 18.9. The summed E-state index contributed by atoms with van der Waals surface area (Å²) in [5.74, 6) is -2.22. The number of carbonyl (C=O) groups is 4. The van der Waals surface area contributed by atoms with E-state index in [9.17, 15) is 32.3 Å². The van der Waals surface area contributed by atoms with Gasteiger partial charge in [-0.3, -0.25) is 14.4 Å². The standard InChI is InChI=1S/C30H27F3N2O5/c1-17(18(2)36)15-26(37)35-14-13-20-16-22(11-12-24(20)27(35)28(34)38)40-29(39)25-6-4-3-5-23(25)19-7-9-21(10-8-19)30(31,32)33/h3-12,16-17,27H,13-15H2,1-2H3,(H2,34,38). The fraction of sp³-hybridized carbons (Fsp3) is 0.267. The molecular weight excluding hydrogens is 525 g/mol. The lowest BCUT2D eigenvalue weighted by Crippen LogP contribution is -2.46. The van der Waals surface area contributed by atoms with Crippen molar-refractivity contribution in [3.05, 3.63) is 89.0 Å². The number of hydrogen-bond acceptors (Lipinski definition) is 5. The minimum absolute atomic E-state index is 0.0392. The van der Waals surface area contributed by atoms with Crippen LogP contribution in [0.25, 0.3) is 11.1 Å². The van der Waals surface area contributed by atoms with Crippen molar-refractivity contribution in [1.29, 1.82) is 0 Å². The van der Waals surface area contributed by atoms with Gasteiger partial charge in [0.05, 0.1) is 11.1 Å². The van der Waals surface area contributed by atoms with E-state index in [2.05, 4.69) is 0 Å². The van der Waals surface area contributed by atoms with Crippen molar-refractivity contribution in [3.8, 4) is 16.9 Å². The molecule has 1 heterocycles. The molecule has 10 heteroatoms. The van der Waals surface area contributed by atoms with Crippen LogP contribution in [0.3, 0.4) is 0 Å². The Bertz CT molecular complexity index is 1470. The first-order valence-corrected chi connectivity index (χ1v) is 12.6. The number of hydrogen-bond donors (Lipinski definition) is 1. The van der Waals surface area contributed by atoms with Gasteiger partial charge in [0.2, 0.25) is 11.8 Å². The number of primary amides is 1. The second-order valence-corrected chi connectivity index (χ2v) is 9.73. The Morgan fingerprint density at radius 2 is 1.70 bits per heavy atom. The Morgan fingerprint density at radius 1 is 1.02 bits per heavy atom. The first-order valence-electron chi connectivity index (χ1n) is 12.6. The second kappa shape index (κ2) is 11.3. The minimum atomic E-state index is -4.48. The number of benzene rings is 3. The zero-order valence-electron chi connectivity index (χ0n) is 21.8. The largest absolute Gasteiger partial charge is 0.423 e. The Labute approximate surface area is 228 Å². The lowest BCUT2D eigenvalue weighted by Gasteiger charge is -2.36. The maximum absolute atomic E-state index is 13.1. The van der Waals surface area contributed by atoms with Crippen LogP contribution in [-0.4, -0.2) is 35.0 Å². The Balaban J connectivity index is 1.56. The number of esters is 1. The van der Waals surface area contributed by atoms with Crippen LogP contribution in [0.4, 0.5) is 13.2 Å². The van der Waals surface area contributed by atoms with Crippen LogP contribution < -0.4 is 10.5 Å². The molecule has 1 aliphatic heterocycles. The van der Waals surface area contributed by atoms with Gasteiger partial charge in [-0.25, -0.2) is 4.79 Å². The van der Waals surface area contributed by atoms with Crippen molar-refractivity contribution in [2.24, 2.45) is 11.7 Å². The highest BCUT2D eigenvalue weighted by Crippen LogP contribution is 2.35. The first kappa shape index (κ1) is 28.5. The zero-order chi connectivity index (χ0) is 29.2. The molecular formula is C30H27F3N2O5. The fourth-order valence-electron chi connectivity index (χ4n) is 4.68. The molecule has 208 valence electrons. The summed E-state index contributed by atoms with van der Waals surface area (Å²) in [6, 6.07) is 14.5. The molecule has 2 unspecified atom stereocenters. The van der Waals surface area contributed by atoms with E-state index in [1.807, 2.05) is 0 Å². The number of nitrogens with zero attached hydrogens (tertiary/aromatic N) is 1. The van der Waals surface area contributed by atoms with Crippen LogP contribution in [0.1, 0.15) is 53.4 Å². The smallest absolute Gasteiger partial charge is 0.416 e. The summed E-state index contributed by atoms with van der Waals surface area (Å²) < 4.78 is 44.5. The van der Waals surface area contributed by atoms with Crippen molar-refractivity contribution in [1.82, 2.24) is 4.90 Å². The van der Waals surface area contributed by atoms with Crippen molar-refractivity contribution in [2.45, 2.75) is 38.9 Å². The Hall–Kier alpha value is -4.47. The summed E-state index contributed by atoms with van der Waals surface area (Å²) >= 11 is 0. The van der Waals surface area contributed by atoms with Gasteiger partial charge in [0.25, 0.3) is 0 Å². The number of fused-ring (bicyclic) bond motifs is 1. The summed E-state index contributed by atoms with van der Waals surface area (Å²) in [4.78, 5) is 51.3. The zero-order valence-corrected chi connectivity index (χ0v) is 21.8. The third-order valence-electron chi connectivity index (χ3n) is 6.99. The maximum Gasteiger partial charge on any atom is 0.416 e. The minimum Gasteiger partial charge on any atom is -0.423 e. The topological polar surface area (TPSA) is 107 Å². The highest BCUT2D eigenvalue weighted by Gasteiger charge is 2.35. The highest BCUT2D eigenvalue weighted by molar-refractivity contribution is 5.98. The van der Waals surface area contributed by atoms with Crippen molar-refractivity contribution in [3.63, 3.8) is 0 Å². The Morgan fingerprint density at radius 3 is 2.33 bits per heavy atom. The lowest BCUT2D eigenvalue weighted by molar-refractivity contribution is -0.142. The molecule has 40 heavy (non-hydrogen) atoms. The number of carbonyl (C=O) groups excluding carboxylic acids is 4. The van der Waals surface area contributed by atoms with Gasteiger partial charge in [-0.05, 0) is 65.9 Å². The van der Waals surface area contributed by atoms with E-state index in [0.29, 0.717) is 28.7 Å². The SMILES string of the molecule is CC(=O)C(C)CC(=O)N1CCc2cc(OC(=O)c3ccccc3-c3ccc(C(F)(F)F)cc3)ccc2C1C(N)=O. The molecule has 0 saturated heterocycles. The number of Topliss-reactive ketones (excluding diaryl/α,β-unsaturated/α-hetero) is 1. The van der Waals surface area contributed by atoms with Crippen LogP contribution in [0.2, 0.25) is 0 Å². The highest BCUT2D eigenvalue weighted by atomic mass is 19.4. The van der Waals surface area contributed by atoms with Crippen molar-refractivity contribution in [2.75, 3.05) is 6.54 Å². The van der Waals surface area contributed by atoms with Crippen molar-refractivity contribution < 1.29 is 37.1 Å². The summed E-state index contributed by atoms with van der Waals surface area (Å²) in [5.41, 5.74) is 7.02. The average Bonchev–Trinajstić information content (AvgIpc) is 2.91. The molecule has 2 amide bonds. The van der Waals surface area contributed by atoms with Crippen LogP contribution in [0.5, 0.6) is 5.75 Å². The molecule has 2 atom stereocenters. The summed E-state index contributed by atoms with van der Waals surface area (Å²) in [6.45, 7) is 3.24. The lowest BCUT2D eigenvalue weighted by atomic mass is 9.90. The van der Waals surface area contributed by atoms with Crippen molar-refractivity contribution >= 4 is 23.6 Å². The average molecular weight is 553 g/mol. The van der Waals surface area contributed by atoms with Gasteiger partial charge < -0.3 is 15.4 Å². The molecule has 0 aromatic heterocycles. The molecule has 0 radical (unpaired) electrons. The number of alkyl halides is 3. The van der Waals surface area contributed by atoms with E-state index < -0.39 is 35.6 Å². The van der Waals surface area contributed by atoms with Crippen LogP contribution >= 0.6 is 0 Å². The quantitative estimate of drug-likeness (QED) is 0.324. The molecule has 0 aliphatic carbocycles. The number of ether oxygens (including phenoxy) is 1. The molecule has 3 aromatic rings. The molecule has 2 N–H and O–H groups in total. The molecule has 1 aliphatic rings. The van der Waals surface area contributed by atoms with Crippen LogP contribution in [0.15, 0.2) is 66.7 Å². The number of nitrogens with two attached hydrogens (primary N) is 1. The molecule has 0 saturated carbocycles. The number of ketones is 1. The van der Waals surface area contributed by atoms with E-state index in [0.717, 1.165) is 12.1 Å². The summed E-state index contributed by atoms with van der Waals surface area (Å²) in [5, 5.41) is 0. The molecule has 0 fully saturated rings. The normalized spacial score (nSPS) is 15.6. The van der Waals surface area contributed by atoms with Gasteiger partial charge in [0.1, 0.15) is 17.6 Å². The van der Waals surface area contributed by atoms with Crippen LogP contribution in [-0.2, 0) is 27.0 Å². The van der Waals surface area contributed by atoms with E-state index in [-0.39, 0.29) is 36.0 Å². The van der Waals surface area contributed by atoms with E-state index in [1.54, 1.807) is 37.3 Å². The number of rotatable bonds is 7. The predicted octanol–water partition coefficient (Wildman–Crippen LogP) is 5.12. The molecule has 7 nitrogen and oxygen atoms in total. The van der Waals surface area contributed by atoms with Gasteiger partial charge in [0.15, 0.2) is 0 Å².